The van der Waals surface area contributed by atoms with Crippen LogP contribution in [-0.4, -0.2) is 42.5 Å². The number of benzene rings is 2. The standard InChI is InChI=1S/C18H19ClN4O3S2/c1-2-26-15-9-8-14(19)12-16(15)28(24,25)20-10-11-27-18-21-17(22-23-18)13-6-4-3-5-7-13/h3-9,12,20H,2,10-11H2,1H3,(H,21,22,23). The number of nitrogens with zero attached hydrogens (tertiary/aromatic N) is 2. The summed E-state index contributed by atoms with van der Waals surface area (Å²) in [6.45, 7) is 2.35. The molecule has 0 radical (unpaired) electrons. The fourth-order valence-electron chi connectivity index (χ4n) is 2.40. The fraction of sp³-hybridized carbons (Fsp3) is 0.222. The predicted molar refractivity (Wildman–Crippen MR) is 110 cm³/mol. The average Bonchev–Trinajstić information content (AvgIpc) is 3.16. The van der Waals surface area contributed by atoms with Crippen molar-refractivity contribution in [2.45, 2.75) is 17.0 Å². The number of hydrogen-bond donors (Lipinski definition) is 2. The molecule has 2 N–H and O–H groups in total. The average molecular weight is 439 g/mol. The van der Waals surface area contributed by atoms with Crippen LogP contribution in [0.4, 0.5) is 0 Å². The molecular weight excluding hydrogens is 420 g/mol. The molecule has 0 aliphatic heterocycles. The molecule has 1 heterocycles. The van der Waals surface area contributed by atoms with E-state index in [1.165, 1.54) is 17.8 Å². The molecule has 3 aromatic rings. The van der Waals surface area contributed by atoms with Gasteiger partial charge in [-0.3, -0.25) is 5.10 Å². The van der Waals surface area contributed by atoms with Crippen molar-refractivity contribution in [2.24, 2.45) is 0 Å². The fourth-order valence-corrected chi connectivity index (χ4v) is 4.62. The van der Waals surface area contributed by atoms with E-state index in [2.05, 4.69) is 19.9 Å². The molecular formula is C18H19ClN4O3S2. The molecule has 0 bridgehead atoms. The van der Waals surface area contributed by atoms with Crippen LogP contribution < -0.4 is 9.46 Å². The Morgan fingerprint density at radius 1 is 1.21 bits per heavy atom. The number of aromatic amines is 1. The van der Waals surface area contributed by atoms with Gasteiger partial charge in [-0.15, -0.1) is 5.10 Å². The minimum absolute atomic E-state index is 0.0242. The number of rotatable bonds is 9. The van der Waals surface area contributed by atoms with Gasteiger partial charge in [-0.1, -0.05) is 53.7 Å². The zero-order chi connectivity index (χ0) is 20.0. The Morgan fingerprint density at radius 3 is 2.75 bits per heavy atom. The zero-order valence-electron chi connectivity index (χ0n) is 15.1. The largest absolute Gasteiger partial charge is 0.492 e. The summed E-state index contributed by atoms with van der Waals surface area (Å²) in [7, 11) is -3.75. The van der Waals surface area contributed by atoms with Gasteiger partial charge in [0, 0.05) is 22.9 Å². The van der Waals surface area contributed by atoms with Crippen molar-refractivity contribution < 1.29 is 13.2 Å². The molecule has 7 nitrogen and oxygen atoms in total. The van der Waals surface area contributed by atoms with Crippen molar-refractivity contribution in [1.29, 1.82) is 0 Å². The quantitative estimate of drug-likeness (QED) is 0.391. The number of thioether (sulfide) groups is 1. The van der Waals surface area contributed by atoms with Crippen LogP contribution in [0, 0.1) is 0 Å². The summed E-state index contributed by atoms with van der Waals surface area (Å²) in [6.07, 6.45) is 0. The highest BCUT2D eigenvalue weighted by Gasteiger charge is 2.20. The SMILES string of the molecule is CCOc1ccc(Cl)cc1S(=O)(=O)NCCSc1n[nH]c(-c2ccccc2)n1. The van der Waals surface area contributed by atoms with Gasteiger partial charge in [-0.05, 0) is 25.1 Å². The predicted octanol–water partition coefficient (Wildman–Crippen LogP) is 3.59. The minimum atomic E-state index is -3.75. The summed E-state index contributed by atoms with van der Waals surface area (Å²) in [5.74, 6) is 1.41. The highest BCUT2D eigenvalue weighted by atomic mass is 35.5. The lowest BCUT2D eigenvalue weighted by Gasteiger charge is -2.12. The molecule has 0 saturated carbocycles. The van der Waals surface area contributed by atoms with E-state index in [4.69, 9.17) is 16.3 Å². The summed E-state index contributed by atoms with van der Waals surface area (Å²) < 4.78 is 33.1. The van der Waals surface area contributed by atoms with Crippen molar-refractivity contribution in [3.63, 3.8) is 0 Å². The van der Waals surface area contributed by atoms with E-state index >= 15 is 0 Å². The molecule has 3 rings (SSSR count). The van der Waals surface area contributed by atoms with E-state index in [-0.39, 0.29) is 17.2 Å². The Balaban J connectivity index is 1.58. The number of aromatic nitrogens is 3. The Morgan fingerprint density at radius 2 is 2.00 bits per heavy atom. The summed E-state index contributed by atoms with van der Waals surface area (Å²) in [5, 5.41) is 7.91. The number of halogens is 1. The van der Waals surface area contributed by atoms with E-state index in [1.54, 1.807) is 19.1 Å². The van der Waals surface area contributed by atoms with Gasteiger partial charge in [-0.2, -0.15) is 0 Å². The van der Waals surface area contributed by atoms with Crippen LogP contribution in [0.2, 0.25) is 5.02 Å². The second-order valence-corrected chi connectivity index (χ2v) is 8.84. The highest BCUT2D eigenvalue weighted by molar-refractivity contribution is 7.99. The molecule has 10 heteroatoms. The molecule has 0 unspecified atom stereocenters. The third-order valence-corrected chi connectivity index (χ3v) is 6.20. The van der Waals surface area contributed by atoms with Crippen molar-refractivity contribution in [2.75, 3.05) is 18.9 Å². The Labute approximate surface area is 172 Å². The second-order valence-electron chi connectivity index (χ2n) is 5.60. The molecule has 28 heavy (non-hydrogen) atoms. The number of hydrogen-bond acceptors (Lipinski definition) is 6. The molecule has 0 fully saturated rings. The van der Waals surface area contributed by atoms with Gasteiger partial charge in [0.25, 0.3) is 0 Å². The van der Waals surface area contributed by atoms with E-state index in [1.807, 2.05) is 30.3 Å². The maximum absolute atomic E-state index is 12.6. The topological polar surface area (TPSA) is 97.0 Å². The zero-order valence-corrected chi connectivity index (χ0v) is 17.4. The number of H-pyrrole nitrogens is 1. The van der Waals surface area contributed by atoms with Gasteiger partial charge < -0.3 is 4.74 Å². The summed E-state index contributed by atoms with van der Waals surface area (Å²) in [5.41, 5.74) is 0.937. The van der Waals surface area contributed by atoms with E-state index in [0.29, 0.717) is 28.4 Å². The van der Waals surface area contributed by atoms with Gasteiger partial charge in [0.15, 0.2) is 5.82 Å². The first-order valence-electron chi connectivity index (χ1n) is 8.52. The first-order valence-corrected chi connectivity index (χ1v) is 11.4. The maximum Gasteiger partial charge on any atom is 0.244 e. The van der Waals surface area contributed by atoms with E-state index < -0.39 is 10.0 Å². The molecule has 2 aromatic carbocycles. The van der Waals surface area contributed by atoms with Crippen LogP contribution in [0.25, 0.3) is 11.4 Å². The lowest BCUT2D eigenvalue weighted by atomic mass is 10.2. The van der Waals surface area contributed by atoms with Crippen LogP contribution in [0.1, 0.15) is 6.92 Å². The summed E-state index contributed by atoms with van der Waals surface area (Å²) in [4.78, 5) is 4.43. The molecule has 148 valence electrons. The monoisotopic (exact) mass is 438 g/mol. The van der Waals surface area contributed by atoms with Gasteiger partial charge in [0.1, 0.15) is 10.6 Å². The minimum Gasteiger partial charge on any atom is -0.492 e. The van der Waals surface area contributed by atoms with Crippen LogP contribution >= 0.6 is 23.4 Å². The van der Waals surface area contributed by atoms with Gasteiger partial charge in [0.05, 0.1) is 6.61 Å². The Bertz CT molecular complexity index is 1030. The molecule has 0 atom stereocenters. The van der Waals surface area contributed by atoms with Crippen LogP contribution in [0.15, 0.2) is 58.6 Å². The lowest BCUT2D eigenvalue weighted by Crippen LogP contribution is -2.26. The molecule has 0 aliphatic carbocycles. The van der Waals surface area contributed by atoms with Gasteiger partial charge in [-0.25, -0.2) is 18.1 Å². The van der Waals surface area contributed by atoms with Gasteiger partial charge >= 0.3 is 0 Å². The van der Waals surface area contributed by atoms with Crippen LogP contribution in [-0.2, 0) is 10.0 Å². The van der Waals surface area contributed by atoms with Crippen molar-refractivity contribution >= 4 is 33.4 Å². The van der Waals surface area contributed by atoms with Crippen LogP contribution in [0.5, 0.6) is 5.75 Å². The second kappa shape index (κ2) is 9.42. The molecule has 0 aliphatic rings. The first kappa shape index (κ1) is 20.7. The molecule has 0 amide bonds. The van der Waals surface area contributed by atoms with E-state index in [0.717, 1.165) is 5.56 Å². The molecule has 0 saturated heterocycles. The first-order chi connectivity index (χ1) is 13.5. The smallest absolute Gasteiger partial charge is 0.244 e. The maximum atomic E-state index is 12.6. The normalized spacial score (nSPS) is 11.5. The molecule has 0 spiro atoms. The third kappa shape index (κ3) is 5.26. The highest BCUT2D eigenvalue weighted by Crippen LogP contribution is 2.27. The van der Waals surface area contributed by atoms with Crippen molar-refractivity contribution in [3.8, 4) is 17.1 Å². The van der Waals surface area contributed by atoms with Crippen molar-refractivity contribution in [3.05, 3.63) is 53.6 Å². The molecule has 1 aromatic heterocycles. The Kier molecular flexibility index (Phi) is 6.95. The lowest BCUT2D eigenvalue weighted by molar-refractivity contribution is 0.331. The number of nitrogens with one attached hydrogen (secondary N) is 2. The summed E-state index contributed by atoms with van der Waals surface area (Å²) >= 11 is 7.30. The van der Waals surface area contributed by atoms with Crippen LogP contribution in [0.3, 0.4) is 0 Å². The number of sulfonamides is 1. The van der Waals surface area contributed by atoms with Gasteiger partial charge in [0.2, 0.25) is 15.2 Å². The summed E-state index contributed by atoms with van der Waals surface area (Å²) in [6, 6.07) is 14.2. The Hall–Kier alpha value is -2.07. The number of ether oxygens (including phenoxy) is 1. The van der Waals surface area contributed by atoms with Crippen molar-refractivity contribution in [1.82, 2.24) is 19.9 Å². The van der Waals surface area contributed by atoms with E-state index in [9.17, 15) is 8.42 Å². The third-order valence-electron chi connectivity index (χ3n) is 3.63.